The smallest absolute Gasteiger partial charge is 0.131 e. The molecular formula is C17H31N3. The molecule has 1 heterocycles. The van der Waals surface area contributed by atoms with Gasteiger partial charge in [0.2, 0.25) is 0 Å². The largest absolute Gasteiger partial charge is 0.370 e. The molecule has 20 heavy (non-hydrogen) atoms. The lowest BCUT2D eigenvalue weighted by molar-refractivity contribution is 0.503. The van der Waals surface area contributed by atoms with Crippen molar-refractivity contribution in [2.24, 2.45) is 5.92 Å². The Morgan fingerprint density at radius 2 is 1.85 bits per heavy atom. The number of aromatic nitrogens is 1. The quantitative estimate of drug-likeness (QED) is 0.717. The van der Waals surface area contributed by atoms with E-state index in [2.05, 4.69) is 63.0 Å². The summed E-state index contributed by atoms with van der Waals surface area (Å²) in [4.78, 5) is 7.27. The number of nitrogens with one attached hydrogen (secondary N) is 1. The Labute approximate surface area is 124 Å². The summed E-state index contributed by atoms with van der Waals surface area (Å²) >= 11 is 0. The van der Waals surface area contributed by atoms with E-state index in [9.17, 15) is 0 Å². The molecule has 0 radical (unpaired) electrons. The average molecular weight is 277 g/mol. The number of nitrogens with zero attached hydrogens (tertiary/aromatic N) is 2. The van der Waals surface area contributed by atoms with Crippen LogP contribution in [0.25, 0.3) is 0 Å². The highest BCUT2D eigenvalue weighted by Gasteiger charge is 2.18. The van der Waals surface area contributed by atoms with Crippen molar-refractivity contribution in [3.63, 3.8) is 0 Å². The third kappa shape index (κ3) is 5.03. The van der Waals surface area contributed by atoms with Gasteiger partial charge in [0.25, 0.3) is 0 Å². The molecule has 114 valence electrons. The molecule has 3 heteroatoms. The highest BCUT2D eigenvalue weighted by atomic mass is 15.2. The summed E-state index contributed by atoms with van der Waals surface area (Å²) in [6.45, 7) is 13.3. The summed E-state index contributed by atoms with van der Waals surface area (Å²) in [6.07, 6.45) is 3.45. The van der Waals surface area contributed by atoms with Crippen molar-refractivity contribution in [3.8, 4) is 0 Å². The van der Waals surface area contributed by atoms with Crippen LogP contribution >= 0.6 is 0 Å². The fraction of sp³-hybridized carbons (Fsp3) is 0.706. The molecule has 0 aliphatic carbocycles. The van der Waals surface area contributed by atoms with Crippen molar-refractivity contribution in [1.82, 2.24) is 4.98 Å². The second kappa shape index (κ2) is 8.83. The van der Waals surface area contributed by atoms with Gasteiger partial charge in [-0.15, -0.1) is 0 Å². The molecule has 0 fully saturated rings. The van der Waals surface area contributed by atoms with Gasteiger partial charge < -0.3 is 10.2 Å². The molecule has 1 aromatic rings. The first-order chi connectivity index (χ1) is 9.62. The van der Waals surface area contributed by atoms with E-state index in [1.165, 1.54) is 0 Å². The predicted octanol–water partition coefficient (Wildman–Crippen LogP) is 4.55. The third-order valence-electron chi connectivity index (χ3n) is 3.53. The van der Waals surface area contributed by atoms with Gasteiger partial charge in [0.1, 0.15) is 11.6 Å². The van der Waals surface area contributed by atoms with Crippen molar-refractivity contribution in [2.75, 3.05) is 23.3 Å². The van der Waals surface area contributed by atoms with Gasteiger partial charge in [-0.3, -0.25) is 0 Å². The van der Waals surface area contributed by atoms with E-state index in [-0.39, 0.29) is 0 Å². The van der Waals surface area contributed by atoms with Crippen LogP contribution in [-0.2, 0) is 0 Å². The Hall–Kier alpha value is -1.25. The van der Waals surface area contributed by atoms with Crippen LogP contribution in [0, 0.1) is 5.92 Å². The van der Waals surface area contributed by atoms with Crippen LogP contribution < -0.4 is 10.2 Å². The highest BCUT2D eigenvalue weighted by Crippen LogP contribution is 2.21. The fourth-order valence-electron chi connectivity index (χ4n) is 2.49. The van der Waals surface area contributed by atoms with Gasteiger partial charge in [-0.25, -0.2) is 4.98 Å². The van der Waals surface area contributed by atoms with Crippen molar-refractivity contribution >= 4 is 11.6 Å². The molecule has 0 aliphatic heterocycles. The summed E-state index contributed by atoms with van der Waals surface area (Å²) in [5.41, 5.74) is 0. The van der Waals surface area contributed by atoms with Crippen LogP contribution in [0.1, 0.15) is 53.9 Å². The zero-order valence-electron chi connectivity index (χ0n) is 13.8. The molecule has 0 bridgehead atoms. The molecule has 3 nitrogen and oxygen atoms in total. The molecule has 1 aromatic heterocycles. The van der Waals surface area contributed by atoms with Crippen LogP contribution in [0.2, 0.25) is 0 Å². The normalized spacial score (nSPS) is 11.2. The maximum Gasteiger partial charge on any atom is 0.131 e. The number of anilines is 2. The Morgan fingerprint density at radius 3 is 2.40 bits per heavy atom. The lowest BCUT2D eigenvalue weighted by Gasteiger charge is -2.33. The Kier molecular flexibility index (Phi) is 7.42. The second-order valence-corrected chi connectivity index (χ2v) is 5.82. The number of rotatable bonds is 9. The van der Waals surface area contributed by atoms with Crippen LogP contribution in [0.4, 0.5) is 11.6 Å². The first-order valence-electron chi connectivity index (χ1n) is 8.09. The van der Waals surface area contributed by atoms with Crippen LogP contribution in [0.15, 0.2) is 18.2 Å². The van der Waals surface area contributed by atoms with Gasteiger partial charge in [0, 0.05) is 19.1 Å². The molecule has 0 saturated heterocycles. The highest BCUT2D eigenvalue weighted by molar-refractivity contribution is 5.47. The van der Waals surface area contributed by atoms with E-state index >= 15 is 0 Å². The maximum atomic E-state index is 4.80. The predicted molar refractivity (Wildman–Crippen MR) is 89.6 cm³/mol. The van der Waals surface area contributed by atoms with Crippen LogP contribution in [0.3, 0.4) is 0 Å². The molecule has 0 spiro atoms. The SMILES string of the molecule is CCCNc1cccc(N(CC(C)C)C(CC)CC)n1. The van der Waals surface area contributed by atoms with E-state index in [1.807, 2.05) is 0 Å². The molecular weight excluding hydrogens is 246 g/mol. The van der Waals surface area contributed by atoms with Gasteiger partial charge in [-0.05, 0) is 37.3 Å². The van der Waals surface area contributed by atoms with E-state index in [1.54, 1.807) is 0 Å². The van der Waals surface area contributed by atoms with E-state index in [0.29, 0.717) is 12.0 Å². The van der Waals surface area contributed by atoms with E-state index in [0.717, 1.165) is 44.0 Å². The summed E-state index contributed by atoms with van der Waals surface area (Å²) in [7, 11) is 0. The standard InChI is InChI=1S/C17H31N3/c1-6-12-18-16-10-9-11-17(19-16)20(13-14(4)5)15(7-2)8-3/h9-11,14-15H,6-8,12-13H2,1-5H3,(H,18,19). The molecule has 0 aromatic carbocycles. The molecule has 0 unspecified atom stereocenters. The van der Waals surface area contributed by atoms with Gasteiger partial charge in [0.15, 0.2) is 0 Å². The first-order valence-corrected chi connectivity index (χ1v) is 8.09. The van der Waals surface area contributed by atoms with Gasteiger partial charge in [-0.1, -0.05) is 40.7 Å². The molecule has 0 atom stereocenters. The minimum Gasteiger partial charge on any atom is -0.370 e. The lowest BCUT2D eigenvalue weighted by atomic mass is 10.1. The molecule has 0 saturated carbocycles. The van der Waals surface area contributed by atoms with Gasteiger partial charge >= 0.3 is 0 Å². The number of pyridine rings is 1. The molecule has 0 aliphatic rings. The Balaban J connectivity index is 2.94. The maximum absolute atomic E-state index is 4.80. The molecule has 1 rings (SSSR count). The first kappa shape index (κ1) is 16.8. The lowest BCUT2D eigenvalue weighted by Crippen LogP contribution is -2.38. The fourth-order valence-corrected chi connectivity index (χ4v) is 2.49. The van der Waals surface area contributed by atoms with Crippen molar-refractivity contribution in [3.05, 3.63) is 18.2 Å². The summed E-state index contributed by atoms with van der Waals surface area (Å²) in [6, 6.07) is 6.87. The van der Waals surface area contributed by atoms with Crippen molar-refractivity contribution in [2.45, 2.75) is 59.9 Å². The minimum atomic E-state index is 0.575. The Bertz CT molecular complexity index is 372. The summed E-state index contributed by atoms with van der Waals surface area (Å²) < 4.78 is 0. The van der Waals surface area contributed by atoms with Crippen LogP contribution in [-0.4, -0.2) is 24.1 Å². The van der Waals surface area contributed by atoms with E-state index < -0.39 is 0 Å². The number of hydrogen-bond donors (Lipinski definition) is 1. The van der Waals surface area contributed by atoms with Gasteiger partial charge in [-0.2, -0.15) is 0 Å². The minimum absolute atomic E-state index is 0.575. The molecule has 0 amide bonds. The topological polar surface area (TPSA) is 28.2 Å². The third-order valence-corrected chi connectivity index (χ3v) is 3.53. The van der Waals surface area contributed by atoms with Crippen molar-refractivity contribution in [1.29, 1.82) is 0 Å². The zero-order valence-corrected chi connectivity index (χ0v) is 13.8. The summed E-state index contributed by atoms with van der Waals surface area (Å²) in [5.74, 6) is 2.74. The van der Waals surface area contributed by atoms with E-state index in [4.69, 9.17) is 4.98 Å². The van der Waals surface area contributed by atoms with Crippen molar-refractivity contribution < 1.29 is 0 Å². The molecule has 1 N–H and O–H groups in total. The summed E-state index contributed by atoms with van der Waals surface area (Å²) in [5, 5.41) is 3.38. The second-order valence-electron chi connectivity index (χ2n) is 5.82. The number of hydrogen-bond acceptors (Lipinski definition) is 3. The zero-order chi connectivity index (χ0) is 15.0. The van der Waals surface area contributed by atoms with Crippen LogP contribution in [0.5, 0.6) is 0 Å². The monoisotopic (exact) mass is 277 g/mol. The average Bonchev–Trinajstić information content (AvgIpc) is 2.45. The Morgan fingerprint density at radius 1 is 1.15 bits per heavy atom. The van der Waals surface area contributed by atoms with Gasteiger partial charge in [0.05, 0.1) is 0 Å².